The molecule has 0 atom stereocenters. The number of nitrogens with one attached hydrogen (secondary N) is 1. The number of sulfone groups is 1. The zero-order valence-electron chi connectivity index (χ0n) is 12.7. The molecule has 1 aromatic heterocycles. The van der Waals surface area contributed by atoms with Crippen molar-refractivity contribution in [2.45, 2.75) is 19.1 Å². The molecule has 0 saturated carbocycles. The first kappa shape index (κ1) is 15.1. The number of carbonyl (C=O) groups is 1. The van der Waals surface area contributed by atoms with Gasteiger partial charge in [-0.3, -0.25) is 4.79 Å². The predicted molar refractivity (Wildman–Crippen MR) is 86.6 cm³/mol. The summed E-state index contributed by atoms with van der Waals surface area (Å²) >= 11 is 0. The molecule has 1 saturated heterocycles. The number of para-hydroxylation sites is 1. The molecule has 1 aliphatic rings. The van der Waals surface area contributed by atoms with Gasteiger partial charge in [0.1, 0.15) is 5.69 Å². The normalized spacial score (nSPS) is 16.2. The second kappa shape index (κ2) is 5.43. The van der Waals surface area contributed by atoms with Gasteiger partial charge in [0, 0.05) is 24.0 Å². The Morgan fingerprint density at radius 3 is 2.64 bits per heavy atom. The first-order valence-electron chi connectivity index (χ1n) is 7.45. The minimum atomic E-state index is -3.10. The van der Waals surface area contributed by atoms with Gasteiger partial charge >= 0.3 is 0 Å². The number of rotatable bonds is 4. The molecular weight excluding hydrogens is 300 g/mol. The van der Waals surface area contributed by atoms with Gasteiger partial charge < -0.3 is 9.88 Å². The molecule has 2 heterocycles. The smallest absolute Gasteiger partial charge is 0.270 e. The number of carbonyl (C=O) groups excluding carboxylic acids is 1. The van der Waals surface area contributed by atoms with Gasteiger partial charge in [-0.05, 0) is 18.1 Å². The first-order chi connectivity index (χ1) is 10.4. The van der Waals surface area contributed by atoms with E-state index in [0.717, 1.165) is 10.9 Å². The van der Waals surface area contributed by atoms with E-state index in [4.69, 9.17) is 0 Å². The molecule has 1 fully saturated rings. The molecule has 3 rings (SSSR count). The molecule has 0 spiro atoms. The topological polar surface area (TPSA) is 70.2 Å². The van der Waals surface area contributed by atoms with E-state index in [1.807, 2.05) is 44.2 Å². The van der Waals surface area contributed by atoms with Crippen LogP contribution in [0.25, 0.3) is 10.9 Å². The summed E-state index contributed by atoms with van der Waals surface area (Å²) in [5.41, 5.74) is 1.43. The third-order valence-electron chi connectivity index (χ3n) is 3.97. The van der Waals surface area contributed by atoms with E-state index in [0.29, 0.717) is 18.8 Å². The van der Waals surface area contributed by atoms with Crippen molar-refractivity contribution in [3.05, 3.63) is 36.0 Å². The van der Waals surface area contributed by atoms with Crippen molar-refractivity contribution < 1.29 is 13.2 Å². The molecule has 0 unspecified atom stereocenters. The van der Waals surface area contributed by atoms with Crippen molar-refractivity contribution in [3.8, 4) is 0 Å². The molecule has 0 radical (unpaired) electrons. The fraction of sp³-hybridized carbons (Fsp3) is 0.438. The zero-order chi connectivity index (χ0) is 15.9. The summed E-state index contributed by atoms with van der Waals surface area (Å²) in [4.78, 5) is 17.1. The Bertz CT molecular complexity index is 769. The van der Waals surface area contributed by atoms with E-state index in [1.54, 1.807) is 4.90 Å². The van der Waals surface area contributed by atoms with Gasteiger partial charge in [0.25, 0.3) is 5.91 Å². The average molecular weight is 320 g/mol. The number of hydrogen-bond acceptors (Lipinski definition) is 3. The van der Waals surface area contributed by atoms with Crippen molar-refractivity contribution in [1.82, 2.24) is 9.88 Å². The number of benzene rings is 1. The summed E-state index contributed by atoms with van der Waals surface area (Å²) in [7, 11) is -3.10. The molecule has 1 aromatic carbocycles. The molecular formula is C16H20N2O3S. The summed E-state index contributed by atoms with van der Waals surface area (Å²) in [5.74, 6) is 0.169. The van der Waals surface area contributed by atoms with Crippen LogP contribution >= 0.6 is 0 Å². The molecule has 22 heavy (non-hydrogen) atoms. The van der Waals surface area contributed by atoms with Crippen LogP contribution in [0.3, 0.4) is 0 Å². The fourth-order valence-corrected chi connectivity index (χ4v) is 4.81. The SMILES string of the molecule is CC(C)CS(=O)(=O)C1CN(C(=O)c2cc3ccccc3[nH]2)C1. The van der Waals surface area contributed by atoms with Crippen LogP contribution < -0.4 is 0 Å². The molecule has 6 heteroatoms. The predicted octanol–water partition coefficient (Wildman–Crippen LogP) is 2.06. The number of aromatic nitrogens is 1. The minimum absolute atomic E-state index is 0.114. The number of aromatic amines is 1. The monoisotopic (exact) mass is 320 g/mol. The van der Waals surface area contributed by atoms with Crippen molar-refractivity contribution in [1.29, 1.82) is 0 Å². The number of amides is 1. The summed E-state index contributed by atoms with van der Waals surface area (Å²) in [6, 6.07) is 9.49. The van der Waals surface area contributed by atoms with Gasteiger partial charge in [-0.2, -0.15) is 0 Å². The van der Waals surface area contributed by atoms with E-state index >= 15 is 0 Å². The third kappa shape index (κ3) is 2.75. The lowest BCUT2D eigenvalue weighted by atomic mass is 10.2. The molecule has 5 nitrogen and oxygen atoms in total. The summed E-state index contributed by atoms with van der Waals surface area (Å²) in [5, 5.41) is 0.568. The molecule has 0 aliphatic carbocycles. The van der Waals surface area contributed by atoms with Crippen LogP contribution in [0.2, 0.25) is 0 Å². The first-order valence-corrected chi connectivity index (χ1v) is 9.17. The van der Waals surface area contributed by atoms with Crippen LogP contribution in [-0.4, -0.2) is 48.3 Å². The van der Waals surface area contributed by atoms with Crippen molar-refractivity contribution >= 4 is 26.6 Å². The van der Waals surface area contributed by atoms with E-state index in [9.17, 15) is 13.2 Å². The van der Waals surface area contributed by atoms with Gasteiger partial charge in [-0.1, -0.05) is 32.0 Å². The van der Waals surface area contributed by atoms with Gasteiger partial charge in [-0.25, -0.2) is 8.42 Å². The van der Waals surface area contributed by atoms with E-state index in [-0.39, 0.29) is 17.6 Å². The van der Waals surface area contributed by atoms with Crippen molar-refractivity contribution in [2.24, 2.45) is 5.92 Å². The molecule has 1 aliphatic heterocycles. The van der Waals surface area contributed by atoms with Crippen molar-refractivity contribution in [2.75, 3.05) is 18.8 Å². The Balaban J connectivity index is 1.69. The Hall–Kier alpha value is -1.82. The minimum Gasteiger partial charge on any atom is -0.351 e. The van der Waals surface area contributed by atoms with E-state index in [2.05, 4.69) is 4.98 Å². The standard InChI is InChI=1S/C16H20N2O3S/c1-11(2)10-22(20,21)13-8-18(9-13)16(19)15-7-12-5-3-4-6-14(12)17-15/h3-7,11,13,17H,8-10H2,1-2H3. The highest BCUT2D eigenvalue weighted by Gasteiger charge is 2.40. The Labute approximate surface area is 130 Å². The molecule has 1 amide bonds. The Morgan fingerprint density at radius 1 is 1.32 bits per heavy atom. The second-order valence-electron chi connectivity index (χ2n) is 6.33. The summed E-state index contributed by atoms with van der Waals surface area (Å²) < 4.78 is 24.2. The largest absolute Gasteiger partial charge is 0.351 e. The Kier molecular flexibility index (Phi) is 3.72. The maximum absolute atomic E-state index is 12.4. The highest BCUT2D eigenvalue weighted by Crippen LogP contribution is 2.23. The van der Waals surface area contributed by atoms with Gasteiger partial charge in [-0.15, -0.1) is 0 Å². The maximum Gasteiger partial charge on any atom is 0.270 e. The zero-order valence-corrected chi connectivity index (χ0v) is 13.6. The number of H-pyrrole nitrogens is 1. The van der Waals surface area contributed by atoms with Crippen LogP contribution in [0.4, 0.5) is 0 Å². The summed E-state index contributed by atoms with van der Waals surface area (Å²) in [6.07, 6.45) is 0. The Morgan fingerprint density at radius 2 is 2.00 bits per heavy atom. The highest BCUT2D eigenvalue weighted by molar-refractivity contribution is 7.92. The lowest BCUT2D eigenvalue weighted by molar-refractivity contribution is 0.0653. The quantitative estimate of drug-likeness (QED) is 0.937. The molecule has 0 bridgehead atoms. The third-order valence-corrected chi connectivity index (χ3v) is 6.41. The second-order valence-corrected chi connectivity index (χ2v) is 8.65. The fourth-order valence-electron chi connectivity index (χ4n) is 2.79. The maximum atomic E-state index is 12.4. The molecule has 1 N–H and O–H groups in total. The van der Waals surface area contributed by atoms with Crippen LogP contribution in [0.5, 0.6) is 0 Å². The van der Waals surface area contributed by atoms with Crippen LogP contribution in [0.15, 0.2) is 30.3 Å². The number of likely N-dealkylation sites (tertiary alicyclic amines) is 1. The van der Waals surface area contributed by atoms with Crippen LogP contribution in [0.1, 0.15) is 24.3 Å². The van der Waals surface area contributed by atoms with E-state index < -0.39 is 15.1 Å². The average Bonchev–Trinajstić information content (AvgIpc) is 2.78. The van der Waals surface area contributed by atoms with Gasteiger partial charge in [0.2, 0.25) is 0 Å². The lowest BCUT2D eigenvalue weighted by Crippen LogP contribution is -2.57. The number of fused-ring (bicyclic) bond motifs is 1. The number of hydrogen-bond donors (Lipinski definition) is 1. The van der Waals surface area contributed by atoms with Crippen LogP contribution in [-0.2, 0) is 9.84 Å². The van der Waals surface area contributed by atoms with Crippen LogP contribution in [0, 0.1) is 5.92 Å². The highest BCUT2D eigenvalue weighted by atomic mass is 32.2. The van der Waals surface area contributed by atoms with Gasteiger partial charge in [0.15, 0.2) is 9.84 Å². The lowest BCUT2D eigenvalue weighted by Gasteiger charge is -2.38. The summed E-state index contributed by atoms with van der Waals surface area (Å²) in [6.45, 7) is 4.37. The van der Waals surface area contributed by atoms with E-state index in [1.165, 1.54) is 0 Å². The molecule has 2 aromatic rings. The number of nitrogens with zero attached hydrogens (tertiary/aromatic N) is 1. The molecule has 118 valence electrons. The van der Waals surface area contributed by atoms with Crippen molar-refractivity contribution in [3.63, 3.8) is 0 Å². The van der Waals surface area contributed by atoms with Gasteiger partial charge in [0.05, 0.1) is 11.0 Å².